The summed E-state index contributed by atoms with van der Waals surface area (Å²) in [6.45, 7) is 3.87. The van der Waals surface area contributed by atoms with Crippen LogP contribution >= 0.6 is 11.8 Å². The minimum absolute atomic E-state index is 0.227. The summed E-state index contributed by atoms with van der Waals surface area (Å²) in [4.78, 5) is 15.9. The molecular formula is C22H20N4O3S. The van der Waals surface area contributed by atoms with Crippen LogP contribution in [0.2, 0.25) is 0 Å². The Morgan fingerprint density at radius 3 is 2.53 bits per heavy atom. The summed E-state index contributed by atoms with van der Waals surface area (Å²) in [6.07, 6.45) is 3.46. The Balaban J connectivity index is 1.67. The van der Waals surface area contributed by atoms with E-state index in [1.54, 1.807) is 12.4 Å². The van der Waals surface area contributed by atoms with Crippen molar-refractivity contribution in [3.05, 3.63) is 77.5 Å². The van der Waals surface area contributed by atoms with Gasteiger partial charge in [-0.15, -0.1) is 10.2 Å². The van der Waals surface area contributed by atoms with Crippen LogP contribution in [0.1, 0.15) is 27.4 Å². The molecule has 0 aliphatic heterocycles. The van der Waals surface area contributed by atoms with Crippen molar-refractivity contribution in [2.24, 2.45) is 0 Å². The highest BCUT2D eigenvalue weighted by Gasteiger charge is 2.19. The maximum atomic E-state index is 11.8. The zero-order valence-electron chi connectivity index (χ0n) is 16.8. The maximum absolute atomic E-state index is 11.8. The number of carbonyl (C=O) groups is 1. The molecule has 0 aliphatic rings. The highest BCUT2D eigenvalue weighted by molar-refractivity contribution is 7.98. The lowest BCUT2D eigenvalue weighted by Gasteiger charge is -2.10. The molecule has 8 heteroatoms. The lowest BCUT2D eigenvalue weighted by molar-refractivity contribution is 0.0562. The van der Waals surface area contributed by atoms with Crippen LogP contribution in [0.3, 0.4) is 0 Å². The molecule has 0 saturated heterocycles. The van der Waals surface area contributed by atoms with Crippen LogP contribution in [0.25, 0.3) is 17.1 Å². The average molecular weight is 420 g/mol. The zero-order valence-corrected chi connectivity index (χ0v) is 17.6. The molecule has 0 saturated carbocycles. The summed E-state index contributed by atoms with van der Waals surface area (Å²) < 4.78 is 12.5. The molecule has 0 atom stereocenters. The fraction of sp³-hybridized carbons (Fsp3) is 0.182. The number of esters is 1. The monoisotopic (exact) mass is 420 g/mol. The molecule has 1 aromatic carbocycles. The van der Waals surface area contributed by atoms with Gasteiger partial charge in [-0.25, -0.2) is 4.79 Å². The van der Waals surface area contributed by atoms with Gasteiger partial charge in [0.1, 0.15) is 5.76 Å². The highest BCUT2D eigenvalue weighted by Crippen LogP contribution is 2.30. The van der Waals surface area contributed by atoms with E-state index >= 15 is 0 Å². The van der Waals surface area contributed by atoms with Crippen LogP contribution < -0.4 is 0 Å². The van der Waals surface area contributed by atoms with Crippen molar-refractivity contribution in [1.29, 1.82) is 0 Å². The molecule has 3 heterocycles. The second-order valence-corrected chi connectivity index (χ2v) is 7.66. The van der Waals surface area contributed by atoms with Gasteiger partial charge in [0.15, 0.2) is 11.0 Å². The molecule has 0 N–H and O–H groups in total. The number of pyridine rings is 1. The number of ether oxygens (including phenoxy) is 1. The van der Waals surface area contributed by atoms with E-state index in [9.17, 15) is 4.79 Å². The normalized spacial score (nSPS) is 10.9. The van der Waals surface area contributed by atoms with Crippen molar-refractivity contribution < 1.29 is 13.9 Å². The molecule has 0 fully saturated rings. The third kappa shape index (κ3) is 3.99. The zero-order chi connectivity index (χ0) is 21.1. The molecule has 0 radical (unpaired) electrons. The van der Waals surface area contributed by atoms with E-state index in [0.717, 1.165) is 27.8 Å². The van der Waals surface area contributed by atoms with Crippen LogP contribution in [0.5, 0.6) is 0 Å². The number of methoxy groups -OCH3 is 1. The van der Waals surface area contributed by atoms with E-state index in [0.29, 0.717) is 11.5 Å². The van der Waals surface area contributed by atoms with E-state index in [2.05, 4.69) is 27.3 Å². The van der Waals surface area contributed by atoms with Gasteiger partial charge < -0.3 is 9.15 Å². The van der Waals surface area contributed by atoms with Crippen molar-refractivity contribution in [3.63, 3.8) is 0 Å². The van der Waals surface area contributed by atoms with Crippen LogP contribution in [0.4, 0.5) is 0 Å². The Hall–Kier alpha value is -3.39. The quantitative estimate of drug-likeness (QED) is 0.332. The first kappa shape index (κ1) is 19.9. The van der Waals surface area contributed by atoms with Gasteiger partial charge in [-0.2, -0.15) is 0 Å². The van der Waals surface area contributed by atoms with Gasteiger partial charge >= 0.3 is 5.97 Å². The SMILES string of the molecule is COC(=O)c1oc(CSc2nnc(-c3ccncc3)n2-c2ccc(C)cc2)cc1C. The van der Waals surface area contributed by atoms with Crippen molar-refractivity contribution in [2.45, 2.75) is 24.8 Å². The molecular weight excluding hydrogens is 400 g/mol. The van der Waals surface area contributed by atoms with Crippen molar-refractivity contribution in [1.82, 2.24) is 19.7 Å². The van der Waals surface area contributed by atoms with E-state index in [1.807, 2.05) is 48.7 Å². The average Bonchev–Trinajstić information content (AvgIpc) is 3.36. The number of thioether (sulfide) groups is 1. The van der Waals surface area contributed by atoms with Gasteiger partial charge in [-0.1, -0.05) is 29.5 Å². The molecule has 3 aromatic heterocycles. The molecule has 30 heavy (non-hydrogen) atoms. The lowest BCUT2D eigenvalue weighted by Crippen LogP contribution is -2.00. The summed E-state index contributed by atoms with van der Waals surface area (Å²) >= 11 is 1.48. The number of aromatic nitrogens is 4. The topological polar surface area (TPSA) is 83.0 Å². The molecule has 152 valence electrons. The first-order chi connectivity index (χ1) is 14.6. The van der Waals surface area contributed by atoms with Gasteiger partial charge in [-0.05, 0) is 44.2 Å². The Kier molecular flexibility index (Phi) is 5.67. The standard InChI is InChI=1S/C22H20N4O3S/c1-14-4-6-17(7-5-14)26-20(16-8-10-23-11-9-16)24-25-22(26)30-13-18-12-15(2)19(29-18)21(27)28-3/h4-12H,13H2,1-3H3. The minimum Gasteiger partial charge on any atom is -0.463 e. The summed E-state index contributed by atoms with van der Waals surface area (Å²) in [5.41, 5.74) is 3.81. The molecule has 0 aliphatic carbocycles. The van der Waals surface area contributed by atoms with E-state index in [4.69, 9.17) is 9.15 Å². The molecule has 4 aromatic rings. The largest absolute Gasteiger partial charge is 0.463 e. The molecule has 0 spiro atoms. The Labute approximate surface area is 178 Å². The van der Waals surface area contributed by atoms with Crippen LogP contribution in [-0.4, -0.2) is 32.8 Å². The summed E-state index contributed by atoms with van der Waals surface area (Å²) in [5, 5.41) is 9.55. The molecule has 0 unspecified atom stereocenters. The van der Waals surface area contributed by atoms with Crippen LogP contribution in [0.15, 0.2) is 64.4 Å². The van der Waals surface area contributed by atoms with Crippen molar-refractivity contribution in [2.75, 3.05) is 7.11 Å². The fourth-order valence-electron chi connectivity index (χ4n) is 3.03. The van der Waals surface area contributed by atoms with Crippen molar-refractivity contribution in [3.8, 4) is 17.1 Å². The molecule has 0 bridgehead atoms. The molecule has 0 amide bonds. The number of benzene rings is 1. The summed E-state index contributed by atoms with van der Waals surface area (Å²) in [7, 11) is 1.34. The Morgan fingerprint density at radius 1 is 1.10 bits per heavy atom. The van der Waals surface area contributed by atoms with Gasteiger partial charge in [0.25, 0.3) is 0 Å². The number of hydrogen-bond acceptors (Lipinski definition) is 7. The minimum atomic E-state index is -0.480. The fourth-order valence-corrected chi connectivity index (χ4v) is 3.86. The summed E-state index contributed by atoms with van der Waals surface area (Å²) in [5.74, 6) is 1.65. The first-order valence-electron chi connectivity index (χ1n) is 9.30. The number of hydrogen-bond donors (Lipinski definition) is 0. The predicted molar refractivity (Wildman–Crippen MR) is 114 cm³/mol. The Morgan fingerprint density at radius 2 is 1.83 bits per heavy atom. The molecule has 7 nitrogen and oxygen atoms in total. The smallest absolute Gasteiger partial charge is 0.374 e. The number of nitrogens with zero attached hydrogens (tertiary/aromatic N) is 4. The van der Waals surface area contributed by atoms with Crippen LogP contribution in [-0.2, 0) is 10.5 Å². The van der Waals surface area contributed by atoms with Gasteiger partial charge in [-0.3, -0.25) is 9.55 Å². The maximum Gasteiger partial charge on any atom is 0.374 e. The lowest BCUT2D eigenvalue weighted by atomic mass is 10.2. The predicted octanol–water partition coefficient (Wildman–Crippen LogP) is 4.62. The number of furan rings is 1. The summed E-state index contributed by atoms with van der Waals surface area (Å²) in [6, 6.07) is 13.8. The Bertz CT molecular complexity index is 1170. The van der Waals surface area contributed by atoms with Gasteiger partial charge in [0.2, 0.25) is 5.76 Å². The second-order valence-electron chi connectivity index (χ2n) is 6.72. The van der Waals surface area contributed by atoms with Gasteiger partial charge in [0.05, 0.1) is 12.9 Å². The highest BCUT2D eigenvalue weighted by atomic mass is 32.2. The van der Waals surface area contributed by atoms with Crippen molar-refractivity contribution >= 4 is 17.7 Å². The third-order valence-corrected chi connectivity index (χ3v) is 5.50. The number of carbonyl (C=O) groups excluding carboxylic acids is 1. The van der Waals surface area contributed by atoms with E-state index in [1.165, 1.54) is 24.4 Å². The third-order valence-electron chi connectivity index (χ3n) is 4.55. The second kappa shape index (κ2) is 8.54. The number of aryl methyl sites for hydroxylation is 2. The number of rotatable bonds is 6. The van der Waals surface area contributed by atoms with E-state index in [-0.39, 0.29) is 5.76 Å². The van der Waals surface area contributed by atoms with Crippen LogP contribution in [0, 0.1) is 13.8 Å². The van der Waals surface area contributed by atoms with Gasteiger partial charge in [0, 0.05) is 29.2 Å². The van der Waals surface area contributed by atoms with E-state index < -0.39 is 5.97 Å². The molecule has 4 rings (SSSR count). The first-order valence-corrected chi connectivity index (χ1v) is 10.3.